The van der Waals surface area contributed by atoms with Crippen LogP contribution in [0.1, 0.15) is 55.6 Å². The smallest absolute Gasteiger partial charge is 0.337 e. The number of carbonyl (C=O) groups excluding carboxylic acids is 3. The summed E-state index contributed by atoms with van der Waals surface area (Å²) in [6.07, 6.45) is 0.481. The molecule has 0 aliphatic rings. The lowest BCUT2D eigenvalue weighted by atomic mass is 9.84. The second-order valence-corrected chi connectivity index (χ2v) is 9.71. The molecule has 0 saturated heterocycles. The summed E-state index contributed by atoms with van der Waals surface area (Å²) in [6.45, 7) is 10.9. The van der Waals surface area contributed by atoms with Crippen LogP contribution < -0.4 is 5.43 Å². The molecule has 37 heavy (non-hydrogen) atoms. The molecule has 0 unspecified atom stereocenters. The first-order chi connectivity index (χ1) is 17.4. The zero-order valence-corrected chi connectivity index (χ0v) is 21.8. The fourth-order valence-corrected chi connectivity index (χ4v) is 3.62. The number of nitrogens with zero attached hydrogens (tertiary/aromatic N) is 1. The van der Waals surface area contributed by atoms with E-state index in [1.807, 2.05) is 26.8 Å². The first kappa shape index (κ1) is 27.4. The van der Waals surface area contributed by atoms with Crippen LogP contribution in [0.5, 0.6) is 5.75 Å². The van der Waals surface area contributed by atoms with E-state index in [0.717, 1.165) is 11.1 Å². The van der Waals surface area contributed by atoms with Gasteiger partial charge in [-0.15, -0.1) is 0 Å². The normalized spacial score (nSPS) is 11.3. The van der Waals surface area contributed by atoms with E-state index in [-0.39, 0.29) is 36.4 Å². The van der Waals surface area contributed by atoms with Crippen LogP contribution in [-0.4, -0.2) is 53.2 Å². The zero-order chi connectivity index (χ0) is 27.3. The Hall–Kier alpha value is -4.21. The number of methoxy groups -OCH3 is 1. The summed E-state index contributed by atoms with van der Waals surface area (Å²) in [5, 5.41) is 14.1. The molecule has 10 heteroatoms. The van der Waals surface area contributed by atoms with Crippen LogP contribution in [0.2, 0.25) is 0 Å². The third-order valence-electron chi connectivity index (χ3n) is 5.65. The SMILES string of the molecule is C=C(C)C(=O)OCCOC(=O)CCc1cc(Nn2[nH]c3ccc(C(=O)OC)cc32)c(O)c(C(C)(C)C)c1. The Morgan fingerprint density at radius 3 is 2.46 bits per heavy atom. The maximum absolute atomic E-state index is 12.2. The number of phenols is 1. The molecule has 1 heterocycles. The molecule has 2 aromatic carbocycles. The van der Waals surface area contributed by atoms with E-state index in [4.69, 9.17) is 14.2 Å². The van der Waals surface area contributed by atoms with Crippen molar-refractivity contribution in [3.8, 4) is 5.75 Å². The predicted molar refractivity (Wildman–Crippen MR) is 139 cm³/mol. The highest BCUT2D eigenvalue weighted by Gasteiger charge is 2.23. The third-order valence-corrected chi connectivity index (χ3v) is 5.65. The molecule has 3 rings (SSSR count). The maximum atomic E-state index is 12.2. The number of aromatic nitrogens is 2. The molecule has 0 saturated carbocycles. The number of aryl methyl sites for hydroxylation is 1. The Morgan fingerprint density at radius 2 is 1.81 bits per heavy atom. The van der Waals surface area contributed by atoms with Crippen LogP contribution in [0.4, 0.5) is 5.69 Å². The van der Waals surface area contributed by atoms with Crippen LogP contribution >= 0.6 is 0 Å². The van der Waals surface area contributed by atoms with E-state index in [0.29, 0.717) is 28.8 Å². The fourth-order valence-electron chi connectivity index (χ4n) is 3.62. The fraction of sp³-hybridized carbons (Fsp3) is 0.370. The van der Waals surface area contributed by atoms with Crippen LogP contribution in [0.25, 0.3) is 11.0 Å². The molecule has 1 aromatic heterocycles. The van der Waals surface area contributed by atoms with Gasteiger partial charge in [-0.2, -0.15) is 4.79 Å². The summed E-state index contributed by atoms with van der Waals surface area (Å²) in [5.41, 5.74) is 6.92. The molecule has 0 fully saturated rings. The first-order valence-corrected chi connectivity index (χ1v) is 11.8. The number of phenolic OH excluding ortho intramolecular Hbond substituents is 1. The molecule has 198 valence electrons. The molecule has 3 aromatic rings. The van der Waals surface area contributed by atoms with Gasteiger partial charge in [0.1, 0.15) is 24.5 Å². The second kappa shape index (κ2) is 11.2. The molecule has 0 spiro atoms. The van der Waals surface area contributed by atoms with Gasteiger partial charge in [-0.05, 0) is 48.6 Å². The van der Waals surface area contributed by atoms with Gasteiger partial charge in [0.15, 0.2) is 0 Å². The molecular formula is C27H33N3O7. The summed E-state index contributed by atoms with van der Waals surface area (Å²) in [6, 6.07) is 8.74. The Kier molecular flexibility index (Phi) is 8.31. The van der Waals surface area contributed by atoms with E-state index in [9.17, 15) is 19.5 Å². The average molecular weight is 512 g/mol. The van der Waals surface area contributed by atoms with Gasteiger partial charge in [-0.3, -0.25) is 15.3 Å². The third kappa shape index (κ3) is 6.72. The van der Waals surface area contributed by atoms with Gasteiger partial charge in [0, 0.05) is 17.6 Å². The van der Waals surface area contributed by atoms with E-state index in [1.165, 1.54) is 14.0 Å². The summed E-state index contributed by atoms with van der Waals surface area (Å²) >= 11 is 0. The van der Waals surface area contributed by atoms with Crippen molar-refractivity contribution in [3.05, 3.63) is 59.2 Å². The van der Waals surface area contributed by atoms with Gasteiger partial charge >= 0.3 is 17.9 Å². The minimum atomic E-state index is -0.532. The maximum Gasteiger partial charge on any atom is 0.337 e. The molecule has 0 bridgehead atoms. The highest BCUT2D eigenvalue weighted by atomic mass is 16.6. The zero-order valence-electron chi connectivity index (χ0n) is 21.8. The van der Waals surface area contributed by atoms with Gasteiger partial charge in [-0.25, -0.2) is 9.59 Å². The summed E-state index contributed by atoms with van der Waals surface area (Å²) < 4.78 is 14.9. The van der Waals surface area contributed by atoms with Crippen molar-refractivity contribution in [1.82, 2.24) is 9.89 Å². The van der Waals surface area contributed by atoms with Crippen molar-refractivity contribution in [2.24, 2.45) is 0 Å². The molecule has 10 nitrogen and oxygen atoms in total. The van der Waals surface area contributed by atoms with Crippen molar-refractivity contribution < 1.29 is 33.7 Å². The van der Waals surface area contributed by atoms with E-state index in [2.05, 4.69) is 17.1 Å². The van der Waals surface area contributed by atoms with Crippen LogP contribution in [0.15, 0.2) is 42.5 Å². The molecule has 0 radical (unpaired) electrons. The molecule has 0 amide bonds. The largest absolute Gasteiger partial charge is 0.505 e. The van der Waals surface area contributed by atoms with Crippen molar-refractivity contribution in [2.75, 3.05) is 25.7 Å². The van der Waals surface area contributed by atoms with Gasteiger partial charge < -0.3 is 19.3 Å². The first-order valence-electron chi connectivity index (χ1n) is 11.8. The standard InChI is InChI=1S/C27H33N3O7/c1-16(2)25(33)37-12-11-36-23(31)10-7-17-13-19(27(3,4)5)24(32)21(14-17)29-30-22-15-18(26(34)35-6)8-9-20(22)28-30/h8-9,13-15,28-29,32H,1,7,10-12H2,2-6H3. The number of ether oxygens (including phenoxy) is 3. The second-order valence-electron chi connectivity index (χ2n) is 9.71. The minimum Gasteiger partial charge on any atom is -0.505 e. The molecule has 0 aliphatic heterocycles. The van der Waals surface area contributed by atoms with E-state index >= 15 is 0 Å². The molecular weight excluding hydrogens is 478 g/mol. The Bertz CT molecular complexity index is 1330. The van der Waals surface area contributed by atoms with Gasteiger partial charge in [-0.1, -0.05) is 33.4 Å². The van der Waals surface area contributed by atoms with Crippen molar-refractivity contribution in [2.45, 2.75) is 46.0 Å². The van der Waals surface area contributed by atoms with Crippen molar-refractivity contribution in [3.63, 3.8) is 0 Å². The highest BCUT2D eigenvalue weighted by molar-refractivity contribution is 5.94. The number of aromatic hydroxyl groups is 1. The number of hydrogen-bond acceptors (Lipinski definition) is 8. The number of anilines is 1. The quantitative estimate of drug-likeness (QED) is 0.121. The number of nitrogens with one attached hydrogen (secondary N) is 2. The number of benzene rings is 2. The van der Waals surface area contributed by atoms with Crippen LogP contribution in [0, 0.1) is 0 Å². The lowest BCUT2D eigenvalue weighted by molar-refractivity contribution is -0.150. The van der Waals surface area contributed by atoms with Crippen LogP contribution in [0.3, 0.4) is 0 Å². The lowest BCUT2D eigenvalue weighted by Crippen LogP contribution is -2.21. The summed E-state index contributed by atoms with van der Waals surface area (Å²) in [7, 11) is 1.32. The number of H-pyrrole nitrogens is 1. The Balaban J connectivity index is 1.74. The number of aromatic amines is 1. The average Bonchev–Trinajstić information content (AvgIpc) is 2.83. The molecule has 0 aliphatic carbocycles. The predicted octanol–water partition coefficient (Wildman–Crippen LogP) is 4.23. The highest BCUT2D eigenvalue weighted by Crippen LogP contribution is 2.38. The van der Waals surface area contributed by atoms with E-state index < -0.39 is 17.9 Å². The van der Waals surface area contributed by atoms with Crippen LogP contribution in [-0.2, 0) is 35.6 Å². The van der Waals surface area contributed by atoms with Gasteiger partial charge in [0.2, 0.25) is 0 Å². The number of carbonyl (C=O) groups is 3. The topological polar surface area (TPSA) is 132 Å². The molecule has 3 N–H and O–H groups in total. The summed E-state index contributed by atoms with van der Waals surface area (Å²) in [5.74, 6) is -1.33. The van der Waals surface area contributed by atoms with Crippen molar-refractivity contribution in [1.29, 1.82) is 0 Å². The monoisotopic (exact) mass is 511 g/mol. The van der Waals surface area contributed by atoms with E-state index in [1.54, 1.807) is 29.1 Å². The lowest BCUT2D eigenvalue weighted by Gasteiger charge is -2.25. The summed E-state index contributed by atoms with van der Waals surface area (Å²) in [4.78, 5) is 37.1. The number of fused-ring (bicyclic) bond motifs is 1. The minimum absolute atomic E-state index is 0.0406. The Labute approximate surface area is 215 Å². The number of hydrogen-bond donors (Lipinski definition) is 3. The van der Waals surface area contributed by atoms with Crippen molar-refractivity contribution >= 4 is 34.6 Å². The Morgan fingerprint density at radius 1 is 1.11 bits per heavy atom. The number of esters is 3. The number of rotatable bonds is 10. The van der Waals surface area contributed by atoms with Gasteiger partial charge in [0.25, 0.3) is 0 Å². The molecule has 0 atom stereocenters. The van der Waals surface area contributed by atoms with Gasteiger partial charge in [0.05, 0.1) is 23.9 Å².